The second kappa shape index (κ2) is 7.66. The molecule has 2 aromatic carbocycles. The smallest absolute Gasteiger partial charge is 0.320 e. The van der Waals surface area contributed by atoms with Crippen LogP contribution in [0.3, 0.4) is 0 Å². The van der Waals surface area contributed by atoms with Crippen molar-refractivity contribution in [2.45, 2.75) is 26.5 Å². The largest absolute Gasteiger partial charge is 0.457 e. The van der Waals surface area contributed by atoms with E-state index in [9.17, 15) is 23.2 Å². The fourth-order valence-electron chi connectivity index (χ4n) is 3.44. The van der Waals surface area contributed by atoms with E-state index in [1.807, 2.05) is 6.92 Å². The van der Waals surface area contributed by atoms with Gasteiger partial charge in [-0.1, -0.05) is 23.8 Å². The maximum atomic E-state index is 13.4. The van der Waals surface area contributed by atoms with Crippen molar-refractivity contribution in [3.63, 3.8) is 0 Å². The van der Waals surface area contributed by atoms with Gasteiger partial charge < -0.3 is 4.74 Å². The molecule has 2 heterocycles. The Labute approximate surface area is 169 Å². The molecule has 0 aliphatic carbocycles. The molecule has 154 valence electrons. The van der Waals surface area contributed by atoms with E-state index in [0.29, 0.717) is 21.2 Å². The topological polar surface area (TPSA) is 81.5 Å². The molecule has 4 rings (SSSR count). The van der Waals surface area contributed by atoms with E-state index in [4.69, 9.17) is 4.74 Å². The number of halogens is 2. The van der Waals surface area contributed by atoms with Crippen LogP contribution < -0.4 is 0 Å². The fourth-order valence-corrected chi connectivity index (χ4v) is 3.44. The number of imidazole rings is 1. The highest BCUT2D eigenvalue weighted by Crippen LogP contribution is 2.25. The number of hydrogen-bond acceptors (Lipinski definition) is 5. The predicted molar refractivity (Wildman–Crippen MR) is 102 cm³/mol. The van der Waals surface area contributed by atoms with E-state index >= 15 is 0 Å². The fraction of sp³-hybridized carbons (Fsp3) is 0.238. The third kappa shape index (κ3) is 3.42. The molecule has 0 fully saturated rings. The van der Waals surface area contributed by atoms with Crippen molar-refractivity contribution >= 4 is 28.8 Å². The molecule has 1 aliphatic rings. The lowest BCUT2D eigenvalue weighted by atomic mass is 10.1. The van der Waals surface area contributed by atoms with Gasteiger partial charge in [0.15, 0.2) is 5.82 Å². The first-order chi connectivity index (χ1) is 14.4. The van der Waals surface area contributed by atoms with Gasteiger partial charge in [0.2, 0.25) is 0 Å². The van der Waals surface area contributed by atoms with Crippen LogP contribution in [0.4, 0.5) is 8.78 Å². The Morgan fingerprint density at radius 2 is 1.83 bits per heavy atom. The van der Waals surface area contributed by atoms with Crippen LogP contribution in [0, 0.1) is 6.92 Å². The highest BCUT2D eigenvalue weighted by molar-refractivity contribution is 6.21. The number of aromatic nitrogens is 2. The van der Waals surface area contributed by atoms with E-state index in [-0.39, 0.29) is 24.3 Å². The molecule has 2 amide bonds. The number of rotatable bonds is 6. The highest BCUT2D eigenvalue weighted by Gasteiger charge is 2.35. The molecule has 0 unspecified atom stereocenters. The third-order valence-electron chi connectivity index (χ3n) is 4.89. The number of carbonyl (C=O) groups is 3. The summed E-state index contributed by atoms with van der Waals surface area (Å²) in [5.41, 5.74) is 2.05. The van der Waals surface area contributed by atoms with Crippen LogP contribution >= 0.6 is 0 Å². The molecule has 7 nitrogen and oxygen atoms in total. The number of esters is 1. The van der Waals surface area contributed by atoms with Crippen LogP contribution in [0.25, 0.3) is 11.0 Å². The SMILES string of the molecule is Cc1ccc2c(c1)C(=O)N(CCC(=O)OCc1nc3ccccc3n1C(F)F)C2=O. The van der Waals surface area contributed by atoms with Gasteiger partial charge in [0.1, 0.15) is 6.61 Å². The maximum absolute atomic E-state index is 13.4. The molecule has 0 bridgehead atoms. The van der Waals surface area contributed by atoms with Gasteiger partial charge in [0, 0.05) is 6.54 Å². The Kier molecular flexibility index (Phi) is 5.03. The van der Waals surface area contributed by atoms with Crippen molar-refractivity contribution in [3.8, 4) is 0 Å². The van der Waals surface area contributed by atoms with Gasteiger partial charge in [0.05, 0.1) is 28.6 Å². The van der Waals surface area contributed by atoms with Crippen LogP contribution in [0.2, 0.25) is 0 Å². The number of fused-ring (bicyclic) bond motifs is 2. The molecule has 0 spiro atoms. The van der Waals surface area contributed by atoms with Gasteiger partial charge in [-0.2, -0.15) is 8.78 Å². The minimum atomic E-state index is -2.84. The number of carbonyl (C=O) groups excluding carboxylic acids is 3. The number of hydrogen-bond donors (Lipinski definition) is 0. The normalized spacial score (nSPS) is 13.4. The molecule has 0 atom stereocenters. The number of alkyl halides is 2. The van der Waals surface area contributed by atoms with Crippen LogP contribution in [0.5, 0.6) is 0 Å². The molecule has 0 N–H and O–H groups in total. The van der Waals surface area contributed by atoms with Gasteiger partial charge >= 0.3 is 12.5 Å². The average Bonchev–Trinajstić information content (AvgIpc) is 3.20. The summed E-state index contributed by atoms with van der Waals surface area (Å²) in [6.07, 6.45) is -0.251. The zero-order valence-corrected chi connectivity index (χ0v) is 16.0. The molecule has 3 aromatic rings. The number of ether oxygens (including phenoxy) is 1. The number of benzene rings is 2. The number of imide groups is 1. The Hall–Kier alpha value is -3.62. The molecule has 0 radical (unpaired) electrons. The first-order valence-corrected chi connectivity index (χ1v) is 9.23. The zero-order valence-electron chi connectivity index (χ0n) is 16.0. The molecular weight excluding hydrogens is 396 g/mol. The molecule has 0 saturated heterocycles. The van der Waals surface area contributed by atoms with Gasteiger partial charge in [-0.3, -0.25) is 23.9 Å². The molecular formula is C21H17F2N3O4. The Balaban J connectivity index is 1.40. The quantitative estimate of drug-likeness (QED) is 0.457. The molecule has 1 aromatic heterocycles. The van der Waals surface area contributed by atoms with Crippen LogP contribution in [-0.4, -0.2) is 38.8 Å². The second-order valence-electron chi connectivity index (χ2n) is 6.89. The summed E-state index contributed by atoms with van der Waals surface area (Å²) in [5.74, 6) is -1.75. The molecule has 30 heavy (non-hydrogen) atoms. The van der Waals surface area contributed by atoms with Gasteiger partial charge in [-0.25, -0.2) is 4.98 Å². The van der Waals surface area contributed by atoms with E-state index in [2.05, 4.69) is 4.98 Å². The van der Waals surface area contributed by atoms with E-state index in [0.717, 1.165) is 10.5 Å². The monoisotopic (exact) mass is 413 g/mol. The number of aryl methyl sites for hydroxylation is 1. The third-order valence-corrected chi connectivity index (χ3v) is 4.89. The summed E-state index contributed by atoms with van der Waals surface area (Å²) >= 11 is 0. The predicted octanol–water partition coefficient (Wildman–Crippen LogP) is 3.47. The summed E-state index contributed by atoms with van der Waals surface area (Å²) in [6, 6.07) is 11.3. The first-order valence-electron chi connectivity index (χ1n) is 9.23. The molecule has 9 heteroatoms. The highest BCUT2D eigenvalue weighted by atomic mass is 19.3. The lowest BCUT2D eigenvalue weighted by Crippen LogP contribution is -2.32. The minimum absolute atomic E-state index is 0.0873. The van der Waals surface area contributed by atoms with Crippen LogP contribution in [0.15, 0.2) is 42.5 Å². The second-order valence-corrected chi connectivity index (χ2v) is 6.89. The Morgan fingerprint density at radius 3 is 2.60 bits per heavy atom. The van der Waals surface area contributed by atoms with Crippen LogP contribution in [0.1, 0.15) is 45.1 Å². The van der Waals surface area contributed by atoms with Crippen molar-refractivity contribution in [2.75, 3.05) is 6.54 Å². The van der Waals surface area contributed by atoms with E-state index in [1.165, 1.54) is 6.07 Å². The van der Waals surface area contributed by atoms with Crippen molar-refractivity contribution in [2.24, 2.45) is 0 Å². The van der Waals surface area contributed by atoms with Gasteiger partial charge in [0.25, 0.3) is 11.8 Å². The minimum Gasteiger partial charge on any atom is -0.457 e. The molecule has 1 aliphatic heterocycles. The number of amides is 2. The Morgan fingerprint density at radius 1 is 1.10 bits per heavy atom. The van der Waals surface area contributed by atoms with Crippen molar-refractivity contribution < 1.29 is 27.9 Å². The standard InChI is InChI=1S/C21H17F2N3O4/c1-12-6-7-13-14(10-12)20(29)25(19(13)28)9-8-18(27)30-11-17-24-15-4-2-3-5-16(15)26(17)21(22)23/h2-7,10,21H,8-9,11H2,1H3. The lowest BCUT2D eigenvalue weighted by molar-refractivity contribution is -0.145. The van der Waals surface area contributed by atoms with E-state index in [1.54, 1.807) is 36.4 Å². The summed E-state index contributed by atoms with van der Waals surface area (Å²) in [7, 11) is 0. The number of nitrogens with zero attached hydrogens (tertiary/aromatic N) is 3. The maximum Gasteiger partial charge on any atom is 0.320 e. The van der Waals surface area contributed by atoms with Crippen molar-refractivity contribution in [3.05, 3.63) is 65.0 Å². The summed E-state index contributed by atoms with van der Waals surface area (Å²) in [4.78, 5) is 42.0. The van der Waals surface area contributed by atoms with Crippen molar-refractivity contribution in [1.82, 2.24) is 14.5 Å². The molecule has 0 saturated carbocycles. The summed E-state index contributed by atoms with van der Waals surface area (Å²) in [5, 5.41) is 0. The van der Waals surface area contributed by atoms with Gasteiger partial charge in [-0.05, 0) is 31.2 Å². The summed E-state index contributed by atoms with van der Waals surface area (Å²) < 4.78 is 32.6. The number of para-hydroxylation sites is 2. The first kappa shape index (κ1) is 19.7. The van der Waals surface area contributed by atoms with Crippen LogP contribution in [-0.2, 0) is 16.1 Å². The average molecular weight is 413 g/mol. The zero-order chi connectivity index (χ0) is 21.4. The summed E-state index contributed by atoms with van der Waals surface area (Å²) in [6.45, 7) is -1.63. The Bertz CT molecular complexity index is 1170. The van der Waals surface area contributed by atoms with Gasteiger partial charge in [-0.15, -0.1) is 0 Å². The lowest BCUT2D eigenvalue weighted by Gasteiger charge is -2.13. The van der Waals surface area contributed by atoms with E-state index < -0.39 is 30.9 Å². The van der Waals surface area contributed by atoms with Crippen molar-refractivity contribution in [1.29, 1.82) is 0 Å².